The van der Waals surface area contributed by atoms with Crippen LogP contribution < -0.4 is 0 Å². The SMILES string of the molecule is CC.COCCN1CCN2C(COC(C)C)CCC2C1. The molecule has 120 valence electrons. The summed E-state index contributed by atoms with van der Waals surface area (Å²) >= 11 is 0. The highest BCUT2D eigenvalue weighted by Crippen LogP contribution is 2.27. The van der Waals surface area contributed by atoms with Crippen molar-refractivity contribution in [1.29, 1.82) is 0 Å². The number of nitrogens with zero attached hydrogens (tertiary/aromatic N) is 2. The van der Waals surface area contributed by atoms with Crippen LogP contribution in [-0.4, -0.2) is 74.5 Å². The molecule has 4 heteroatoms. The number of rotatable bonds is 6. The minimum atomic E-state index is 0.354. The summed E-state index contributed by atoms with van der Waals surface area (Å²) in [6, 6.07) is 1.40. The highest BCUT2D eigenvalue weighted by molar-refractivity contribution is 4.92. The Morgan fingerprint density at radius 3 is 2.55 bits per heavy atom. The van der Waals surface area contributed by atoms with Crippen LogP contribution in [0, 0.1) is 0 Å². The fourth-order valence-electron chi connectivity index (χ4n) is 3.13. The largest absolute Gasteiger partial charge is 0.383 e. The van der Waals surface area contributed by atoms with Gasteiger partial charge in [-0.2, -0.15) is 0 Å². The maximum absolute atomic E-state index is 5.79. The molecule has 0 N–H and O–H groups in total. The highest BCUT2D eigenvalue weighted by atomic mass is 16.5. The van der Waals surface area contributed by atoms with Crippen LogP contribution in [0.4, 0.5) is 0 Å². The molecule has 4 nitrogen and oxygen atoms in total. The topological polar surface area (TPSA) is 24.9 Å². The molecular weight excluding hydrogens is 252 g/mol. The molecule has 2 unspecified atom stereocenters. The third-order valence-electron chi connectivity index (χ3n) is 4.15. The molecule has 0 bridgehead atoms. The van der Waals surface area contributed by atoms with Crippen LogP contribution in [0.15, 0.2) is 0 Å². The van der Waals surface area contributed by atoms with E-state index in [9.17, 15) is 0 Å². The summed E-state index contributed by atoms with van der Waals surface area (Å²) < 4.78 is 11.0. The Bertz CT molecular complexity index is 249. The Morgan fingerprint density at radius 2 is 1.90 bits per heavy atom. The quantitative estimate of drug-likeness (QED) is 0.747. The van der Waals surface area contributed by atoms with E-state index < -0.39 is 0 Å². The van der Waals surface area contributed by atoms with Gasteiger partial charge in [0.2, 0.25) is 0 Å². The van der Waals surface area contributed by atoms with Gasteiger partial charge in [-0.25, -0.2) is 0 Å². The Hall–Kier alpha value is -0.160. The zero-order valence-corrected chi connectivity index (χ0v) is 14.1. The predicted octanol–water partition coefficient (Wildman–Crippen LogP) is 2.23. The number of hydrogen-bond donors (Lipinski definition) is 0. The predicted molar refractivity (Wildman–Crippen MR) is 84.3 cm³/mol. The summed E-state index contributed by atoms with van der Waals surface area (Å²) in [5, 5.41) is 0. The van der Waals surface area contributed by atoms with Gasteiger partial charge in [-0.05, 0) is 26.7 Å². The Labute approximate surface area is 125 Å². The van der Waals surface area contributed by atoms with Crippen molar-refractivity contribution in [2.45, 2.75) is 58.7 Å². The van der Waals surface area contributed by atoms with Gasteiger partial charge in [0, 0.05) is 45.4 Å². The summed E-state index contributed by atoms with van der Waals surface area (Å²) in [5.41, 5.74) is 0. The monoisotopic (exact) mass is 286 g/mol. The van der Waals surface area contributed by atoms with Gasteiger partial charge >= 0.3 is 0 Å². The molecule has 2 rings (SSSR count). The van der Waals surface area contributed by atoms with Gasteiger partial charge in [0.15, 0.2) is 0 Å². The standard InChI is InChI=1S/C14H28N2O2.C2H6/c1-12(2)18-11-14-5-4-13-10-15(8-9-17-3)6-7-16(13)14;1-2/h12-14H,4-11H2,1-3H3;1-2H3. The summed E-state index contributed by atoms with van der Waals surface area (Å²) in [5.74, 6) is 0. The second kappa shape index (κ2) is 9.72. The van der Waals surface area contributed by atoms with E-state index in [2.05, 4.69) is 23.6 Å². The first-order chi connectivity index (χ1) is 9.70. The summed E-state index contributed by atoms with van der Waals surface area (Å²) in [6.07, 6.45) is 2.98. The molecule has 2 fully saturated rings. The Morgan fingerprint density at radius 1 is 1.15 bits per heavy atom. The van der Waals surface area contributed by atoms with Crippen molar-refractivity contribution in [2.24, 2.45) is 0 Å². The molecule has 0 aliphatic carbocycles. The molecule has 2 heterocycles. The molecule has 0 spiro atoms. The van der Waals surface area contributed by atoms with Crippen molar-refractivity contribution in [3.63, 3.8) is 0 Å². The van der Waals surface area contributed by atoms with Crippen molar-refractivity contribution in [1.82, 2.24) is 9.80 Å². The van der Waals surface area contributed by atoms with Gasteiger partial charge < -0.3 is 9.47 Å². The first-order valence-corrected chi connectivity index (χ1v) is 8.29. The minimum absolute atomic E-state index is 0.354. The second-order valence-electron chi connectivity index (χ2n) is 5.80. The van der Waals surface area contributed by atoms with Crippen LogP contribution in [0.5, 0.6) is 0 Å². The van der Waals surface area contributed by atoms with E-state index >= 15 is 0 Å². The molecule has 0 amide bonds. The zero-order chi connectivity index (χ0) is 15.0. The number of ether oxygens (including phenoxy) is 2. The van der Waals surface area contributed by atoms with E-state index in [0.29, 0.717) is 12.1 Å². The average molecular weight is 286 g/mol. The smallest absolute Gasteiger partial charge is 0.0625 e. The lowest BCUT2D eigenvalue weighted by Gasteiger charge is -2.40. The molecule has 0 saturated carbocycles. The number of methoxy groups -OCH3 is 1. The fourth-order valence-corrected chi connectivity index (χ4v) is 3.13. The van der Waals surface area contributed by atoms with Crippen molar-refractivity contribution in [2.75, 3.05) is 46.5 Å². The van der Waals surface area contributed by atoms with Crippen molar-refractivity contribution >= 4 is 0 Å². The molecule has 0 aromatic rings. The zero-order valence-electron chi connectivity index (χ0n) is 14.1. The van der Waals surface area contributed by atoms with Crippen LogP contribution in [-0.2, 0) is 9.47 Å². The van der Waals surface area contributed by atoms with Gasteiger partial charge in [0.05, 0.1) is 19.3 Å². The summed E-state index contributed by atoms with van der Waals surface area (Å²) in [6.45, 7) is 14.7. The van der Waals surface area contributed by atoms with Crippen LogP contribution in [0.25, 0.3) is 0 Å². The molecule has 2 saturated heterocycles. The molecule has 2 aliphatic heterocycles. The number of fused-ring (bicyclic) bond motifs is 1. The van der Waals surface area contributed by atoms with Crippen molar-refractivity contribution in [3.8, 4) is 0 Å². The molecule has 0 aromatic heterocycles. The third kappa shape index (κ3) is 5.32. The van der Waals surface area contributed by atoms with Crippen LogP contribution in [0.2, 0.25) is 0 Å². The molecular formula is C16H34N2O2. The first kappa shape index (κ1) is 17.9. The molecule has 20 heavy (non-hydrogen) atoms. The molecule has 0 aromatic carbocycles. The molecule has 2 atom stereocenters. The van der Waals surface area contributed by atoms with Crippen molar-refractivity contribution < 1.29 is 9.47 Å². The minimum Gasteiger partial charge on any atom is -0.383 e. The van der Waals surface area contributed by atoms with Crippen LogP contribution in [0.1, 0.15) is 40.5 Å². The van der Waals surface area contributed by atoms with Crippen molar-refractivity contribution in [3.05, 3.63) is 0 Å². The van der Waals surface area contributed by atoms with E-state index in [1.807, 2.05) is 13.8 Å². The normalized spacial score (nSPS) is 27.3. The first-order valence-electron chi connectivity index (χ1n) is 8.29. The van der Waals surface area contributed by atoms with E-state index in [0.717, 1.165) is 25.8 Å². The van der Waals surface area contributed by atoms with E-state index in [1.165, 1.54) is 32.5 Å². The van der Waals surface area contributed by atoms with Gasteiger partial charge in [0.25, 0.3) is 0 Å². The van der Waals surface area contributed by atoms with Crippen LogP contribution in [0.3, 0.4) is 0 Å². The lowest BCUT2D eigenvalue weighted by Crippen LogP contribution is -2.53. The van der Waals surface area contributed by atoms with E-state index in [-0.39, 0.29) is 0 Å². The lowest BCUT2D eigenvalue weighted by atomic mass is 10.1. The maximum atomic E-state index is 5.79. The Kier molecular flexibility index (Phi) is 8.69. The lowest BCUT2D eigenvalue weighted by molar-refractivity contribution is 0.00558. The summed E-state index contributed by atoms with van der Waals surface area (Å²) in [4.78, 5) is 5.21. The average Bonchev–Trinajstić information content (AvgIpc) is 2.87. The van der Waals surface area contributed by atoms with E-state index in [4.69, 9.17) is 9.47 Å². The fraction of sp³-hybridized carbons (Fsp3) is 1.00. The van der Waals surface area contributed by atoms with Crippen LogP contribution >= 0.6 is 0 Å². The van der Waals surface area contributed by atoms with Gasteiger partial charge in [-0.1, -0.05) is 13.8 Å². The van der Waals surface area contributed by atoms with Gasteiger partial charge in [-0.3, -0.25) is 9.80 Å². The maximum Gasteiger partial charge on any atom is 0.0625 e. The number of piperazine rings is 1. The third-order valence-corrected chi connectivity index (χ3v) is 4.15. The Balaban J connectivity index is 0.000000956. The second-order valence-corrected chi connectivity index (χ2v) is 5.80. The molecule has 2 aliphatic rings. The van der Waals surface area contributed by atoms with Gasteiger partial charge in [-0.15, -0.1) is 0 Å². The summed E-state index contributed by atoms with van der Waals surface area (Å²) in [7, 11) is 1.78. The van der Waals surface area contributed by atoms with Gasteiger partial charge in [0.1, 0.15) is 0 Å². The number of hydrogen-bond acceptors (Lipinski definition) is 4. The molecule has 0 radical (unpaired) electrons. The highest BCUT2D eigenvalue weighted by Gasteiger charge is 2.37. The van der Waals surface area contributed by atoms with E-state index in [1.54, 1.807) is 7.11 Å².